The highest BCUT2D eigenvalue weighted by Crippen LogP contribution is 2.27. The van der Waals surface area contributed by atoms with Crippen LogP contribution in [-0.4, -0.2) is 17.5 Å². The van der Waals surface area contributed by atoms with Crippen molar-refractivity contribution in [2.45, 2.75) is 26.6 Å². The topological polar surface area (TPSA) is 46.5 Å². The number of carbonyl (C=O) groups is 1. The number of rotatable bonds is 4. The van der Waals surface area contributed by atoms with E-state index in [0.29, 0.717) is 18.5 Å². The Balaban J connectivity index is 2.96. The molecule has 0 aliphatic rings. The second-order valence-corrected chi connectivity index (χ2v) is 4.40. The summed E-state index contributed by atoms with van der Waals surface area (Å²) in [5, 5.41) is 9.69. The number of carbonyl (C=O) groups excluding carboxylic acids is 1. The monoisotopic (exact) mass is 272 g/mol. The second kappa shape index (κ2) is 5.28. The van der Waals surface area contributed by atoms with E-state index in [1.165, 1.54) is 0 Å². The van der Waals surface area contributed by atoms with Crippen molar-refractivity contribution in [2.24, 2.45) is 0 Å². The van der Waals surface area contributed by atoms with E-state index < -0.39 is 0 Å². The Morgan fingerprint density at radius 3 is 2.73 bits per heavy atom. The predicted octanol–water partition coefficient (Wildman–Crippen LogP) is 2.89. The molecule has 0 saturated heterocycles. The molecule has 0 atom stereocenters. The van der Waals surface area contributed by atoms with Crippen LogP contribution in [-0.2, 0) is 11.3 Å². The molecule has 0 unspecified atom stereocenters. The Bertz CT molecular complexity index is 361. The van der Waals surface area contributed by atoms with E-state index in [1.807, 2.05) is 13.8 Å². The van der Waals surface area contributed by atoms with Gasteiger partial charge in [-0.1, -0.05) is 15.9 Å². The third-order valence-electron chi connectivity index (χ3n) is 1.88. The lowest BCUT2D eigenvalue weighted by Crippen LogP contribution is -2.03. The molecular weight excluding hydrogens is 260 g/mol. The molecule has 1 aromatic rings. The van der Waals surface area contributed by atoms with Crippen molar-refractivity contribution in [3.05, 3.63) is 27.7 Å². The van der Waals surface area contributed by atoms with Gasteiger partial charge in [-0.15, -0.1) is 0 Å². The first-order chi connectivity index (χ1) is 7.04. The maximum Gasteiger partial charge on any atom is 0.153 e. The van der Waals surface area contributed by atoms with Gasteiger partial charge in [0, 0.05) is 10.0 Å². The summed E-state index contributed by atoms with van der Waals surface area (Å²) in [6, 6.07) is 3.31. The summed E-state index contributed by atoms with van der Waals surface area (Å²) in [6.07, 6.45) is 0.710. The van der Waals surface area contributed by atoms with Gasteiger partial charge in [0.25, 0.3) is 0 Å². The zero-order valence-corrected chi connectivity index (χ0v) is 10.2. The minimum atomic E-state index is -0.00569. The summed E-state index contributed by atoms with van der Waals surface area (Å²) in [5.41, 5.74) is 0.881. The van der Waals surface area contributed by atoms with Crippen LogP contribution < -0.4 is 0 Å². The maximum atomic E-state index is 10.6. The molecule has 15 heavy (non-hydrogen) atoms. The number of benzene rings is 1. The minimum Gasteiger partial charge on any atom is -0.507 e. The van der Waals surface area contributed by atoms with E-state index in [-0.39, 0.29) is 17.4 Å². The quantitative estimate of drug-likeness (QED) is 0.858. The average Bonchev–Trinajstić information content (AvgIpc) is 2.18. The van der Waals surface area contributed by atoms with Crippen LogP contribution in [0, 0.1) is 0 Å². The standard InChI is InChI=1S/C11H13BrO3/c1-7(2)15-6-9-4-10(12)3-8(5-13)11(9)14/h3-5,7,14H,6H2,1-2H3. The Hall–Kier alpha value is -0.870. The van der Waals surface area contributed by atoms with Crippen molar-refractivity contribution in [2.75, 3.05) is 0 Å². The third-order valence-corrected chi connectivity index (χ3v) is 2.34. The Morgan fingerprint density at radius 1 is 1.53 bits per heavy atom. The molecule has 4 heteroatoms. The van der Waals surface area contributed by atoms with E-state index in [4.69, 9.17) is 4.74 Å². The van der Waals surface area contributed by atoms with Crippen LogP contribution in [0.25, 0.3) is 0 Å². The molecular formula is C11H13BrO3. The molecule has 0 amide bonds. The first-order valence-electron chi connectivity index (χ1n) is 4.62. The molecule has 1 aromatic carbocycles. The number of aromatic hydroxyl groups is 1. The smallest absolute Gasteiger partial charge is 0.153 e. The average molecular weight is 273 g/mol. The van der Waals surface area contributed by atoms with Gasteiger partial charge in [0.05, 0.1) is 18.3 Å². The molecule has 82 valence electrons. The molecule has 3 nitrogen and oxygen atoms in total. The van der Waals surface area contributed by atoms with Gasteiger partial charge in [-0.05, 0) is 26.0 Å². The zero-order valence-electron chi connectivity index (χ0n) is 8.66. The van der Waals surface area contributed by atoms with Gasteiger partial charge in [0.15, 0.2) is 6.29 Å². The van der Waals surface area contributed by atoms with Gasteiger partial charge in [-0.2, -0.15) is 0 Å². The van der Waals surface area contributed by atoms with Gasteiger partial charge in [0.1, 0.15) is 5.75 Å². The van der Waals surface area contributed by atoms with E-state index in [1.54, 1.807) is 12.1 Å². The van der Waals surface area contributed by atoms with Crippen molar-refractivity contribution >= 4 is 22.2 Å². The van der Waals surface area contributed by atoms with Gasteiger partial charge in [-0.3, -0.25) is 4.79 Å². The van der Waals surface area contributed by atoms with Crippen molar-refractivity contribution in [1.29, 1.82) is 0 Å². The number of hydrogen-bond donors (Lipinski definition) is 1. The molecule has 1 N–H and O–H groups in total. The summed E-state index contributed by atoms with van der Waals surface area (Å²) in [5.74, 6) is -0.00569. The highest BCUT2D eigenvalue weighted by Gasteiger charge is 2.09. The fourth-order valence-corrected chi connectivity index (χ4v) is 1.66. The van der Waals surface area contributed by atoms with Crippen LogP contribution in [0.5, 0.6) is 5.75 Å². The van der Waals surface area contributed by atoms with Crippen molar-refractivity contribution in [1.82, 2.24) is 0 Å². The molecule has 1 rings (SSSR count). The molecule has 0 saturated carbocycles. The summed E-state index contributed by atoms with van der Waals surface area (Å²) in [6.45, 7) is 4.12. The number of halogens is 1. The Kier molecular flexibility index (Phi) is 4.29. The molecule has 0 fully saturated rings. The minimum absolute atomic E-state index is 0.00569. The second-order valence-electron chi connectivity index (χ2n) is 3.48. The van der Waals surface area contributed by atoms with E-state index in [0.717, 1.165) is 4.47 Å². The third kappa shape index (κ3) is 3.32. The van der Waals surface area contributed by atoms with Crippen LogP contribution >= 0.6 is 15.9 Å². The van der Waals surface area contributed by atoms with Crippen LogP contribution in [0.4, 0.5) is 0 Å². The van der Waals surface area contributed by atoms with Crippen LogP contribution in [0.1, 0.15) is 29.8 Å². The molecule has 0 bridgehead atoms. The number of ether oxygens (including phenoxy) is 1. The zero-order chi connectivity index (χ0) is 11.4. The Morgan fingerprint density at radius 2 is 2.20 bits per heavy atom. The first-order valence-corrected chi connectivity index (χ1v) is 5.42. The Labute approximate surface area is 97.2 Å². The largest absolute Gasteiger partial charge is 0.507 e. The summed E-state index contributed by atoms with van der Waals surface area (Å²) in [4.78, 5) is 10.6. The predicted molar refractivity (Wildman–Crippen MR) is 61.1 cm³/mol. The van der Waals surface area contributed by atoms with Crippen LogP contribution in [0.15, 0.2) is 16.6 Å². The fourth-order valence-electron chi connectivity index (χ4n) is 1.14. The number of phenols is 1. The molecule has 0 heterocycles. The highest BCUT2D eigenvalue weighted by molar-refractivity contribution is 9.10. The molecule has 0 aromatic heterocycles. The van der Waals surface area contributed by atoms with Crippen LogP contribution in [0.3, 0.4) is 0 Å². The number of phenolic OH excluding ortho intramolecular Hbond substituents is 1. The highest BCUT2D eigenvalue weighted by atomic mass is 79.9. The lowest BCUT2D eigenvalue weighted by molar-refractivity contribution is 0.0644. The molecule has 0 aliphatic heterocycles. The SMILES string of the molecule is CC(C)OCc1cc(Br)cc(C=O)c1O. The summed E-state index contributed by atoms with van der Waals surface area (Å²) < 4.78 is 6.12. The van der Waals surface area contributed by atoms with Crippen molar-refractivity contribution in [3.8, 4) is 5.75 Å². The summed E-state index contributed by atoms with van der Waals surface area (Å²) in [7, 11) is 0. The molecule has 0 aliphatic carbocycles. The van der Waals surface area contributed by atoms with Gasteiger partial charge in [0.2, 0.25) is 0 Å². The lowest BCUT2D eigenvalue weighted by atomic mass is 10.1. The van der Waals surface area contributed by atoms with Crippen molar-refractivity contribution in [3.63, 3.8) is 0 Å². The number of aldehydes is 1. The first kappa shape index (κ1) is 12.2. The van der Waals surface area contributed by atoms with Gasteiger partial charge in [-0.25, -0.2) is 0 Å². The van der Waals surface area contributed by atoms with E-state index >= 15 is 0 Å². The van der Waals surface area contributed by atoms with E-state index in [2.05, 4.69) is 15.9 Å². The van der Waals surface area contributed by atoms with Crippen LogP contribution in [0.2, 0.25) is 0 Å². The molecule has 0 spiro atoms. The lowest BCUT2D eigenvalue weighted by Gasteiger charge is -2.10. The number of hydrogen-bond acceptors (Lipinski definition) is 3. The summed E-state index contributed by atoms with van der Waals surface area (Å²) >= 11 is 3.27. The normalized spacial score (nSPS) is 10.7. The molecule has 0 radical (unpaired) electrons. The van der Waals surface area contributed by atoms with Crippen molar-refractivity contribution < 1.29 is 14.6 Å². The maximum absolute atomic E-state index is 10.6. The van der Waals surface area contributed by atoms with Gasteiger partial charge >= 0.3 is 0 Å². The van der Waals surface area contributed by atoms with Gasteiger partial charge < -0.3 is 9.84 Å². The van der Waals surface area contributed by atoms with E-state index in [9.17, 15) is 9.90 Å². The fraction of sp³-hybridized carbons (Fsp3) is 0.364.